The van der Waals surface area contributed by atoms with Gasteiger partial charge in [-0.05, 0) is 56.5 Å². The average Bonchev–Trinajstić information content (AvgIpc) is 2.83. The molecule has 0 aliphatic heterocycles. The van der Waals surface area contributed by atoms with E-state index in [1.165, 1.54) is 74.5 Å². The summed E-state index contributed by atoms with van der Waals surface area (Å²) in [5, 5.41) is 10.6. The summed E-state index contributed by atoms with van der Waals surface area (Å²) in [7, 11) is -9.02. The maximum absolute atomic E-state index is 14.2. The lowest BCUT2D eigenvalue weighted by Gasteiger charge is -2.34. The number of carbonyl (C=O) groups is 1. The molecule has 0 amide bonds. The monoisotopic (exact) mass is 520 g/mol. The van der Waals surface area contributed by atoms with Crippen molar-refractivity contribution < 1.29 is 31.5 Å². The Morgan fingerprint density at radius 1 is 0.914 bits per heavy atom. The highest BCUT2D eigenvalue weighted by Gasteiger charge is 2.55. The minimum Gasteiger partial charge on any atom is -0.461 e. The summed E-state index contributed by atoms with van der Waals surface area (Å²) >= 11 is 0. The highest BCUT2D eigenvalue weighted by Crippen LogP contribution is 2.43. The Labute approximate surface area is 208 Å². The SMILES string of the molecule is C=CC(C)(O)CCC(C/C=C(\C)COC(C)=O)(S(=O)(=O)c1ccccc1)S(=O)(=O)c1ccccc1. The van der Waals surface area contributed by atoms with Crippen molar-refractivity contribution in [3.63, 3.8) is 0 Å². The number of ether oxygens (including phenoxy) is 1. The topological polar surface area (TPSA) is 115 Å². The summed E-state index contributed by atoms with van der Waals surface area (Å²) in [5.74, 6) is -0.514. The Bertz CT molecular complexity index is 1190. The van der Waals surface area contributed by atoms with E-state index in [0.29, 0.717) is 5.57 Å². The molecular weight excluding hydrogens is 488 g/mol. The summed E-state index contributed by atoms with van der Waals surface area (Å²) in [6.45, 7) is 7.78. The molecule has 0 saturated heterocycles. The Hall–Kier alpha value is -2.75. The van der Waals surface area contributed by atoms with Crippen LogP contribution in [0.3, 0.4) is 0 Å². The van der Waals surface area contributed by atoms with Crippen molar-refractivity contribution in [3.05, 3.63) is 85.0 Å². The molecule has 0 aliphatic rings. The minimum absolute atomic E-state index is 0.105. The molecule has 7 nitrogen and oxygen atoms in total. The molecule has 0 saturated carbocycles. The molecule has 0 spiro atoms. The van der Waals surface area contributed by atoms with Crippen LogP contribution < -0.4 is 0 Å². The zero-order chi connectivity index (χ0) is 26.3. The van der Waals surface area contributed by atoms with Crippen LogP contribution in [-0.4, -0.2) is 44.2 Å². The van der Waals surface area contributed by atoms with Gasteiger partial charge in [-0.15, -0.1) is 6.58 Å². The molecule has 0 heterocycles. The second kappa shape index (κ2) is 11.3. The molecule has 0 aliphatic carbocycles. The fourth-order valence-electron chi connectivity index (χ4n) is 3.51. The van der Waals surface area contributed by atoms with Crippen molar-refractivity contribution in [2.75, 3.05) is 6.61 Å². The molecule has 0 aromatic heterocycles. The molecule has 0 fully saturated rings. The van der Waals surface area contributed by atoms with Gasteiger partial charge in [0.25, 0.3) is 0 Å². The predicted molar refractivity (Wildman–Crippen MR) is 135 cm³/mol. The van der Waals surface area contributed by atoms with Gasteiger partial charge in [-0.3, -0.25) is 4.79 Å². The lowest BCUT2D eigenvalue weighted by molar-refractivity contribution is -0.139. The van der Waals surface area contributed by atoms with Crippen LogP contribution in [0, 0.1) is 0 Å². The van der Waals surface area contributed by atoms with E-state index in [2.05, 4.69) is 6.58 Å². The maximum atomic E-state index is 14.2. The highest BCUT2D eigenvalue weighted by molar-refractivity contribution is 8.10. The van der Waals surface area contributed by atoms with Crippen molar-refractivity contribution in [2.45, 2.75) is 59.5 Å². The summed E-state index contributed by atoms with van der Waals surface area (Å²) in [6, 6.07) is 14.8. The Balaban J connectivity index is 2.82. The van der Waals surface area contributed by atoms with Gasteiger partial charge in [0, 0.05) is 13.3 Å². The van der Waals surface area contributed by atoms with E-state index in [1.807, 2.05) is 0 Å². The zero-order valence-electron chi connectivity index (χ0n) is 20.2. The highest BCUT2D eigenvalue weighted by atomic mass is 32.3. The first-order chi connectivity index (χ1) is 16.3. The standard InChI is InChI=1S/C26H32O7S2/c1-5-25(4,28)18-19-26(17-16-21(2)20-33-22(3)27,34(29,30)23-12-8-6-9-13-23)35(31,32)24-14-10-7-11-15-24/h5-16,28H,1,17-20H2,2-4H3/b21-16+. The number of aliphatic hydroxyl groups is 1. The Morgan fingerprint density at radius 3 is 1.77 bits per heavy atom. The lowest BCUT2D eigenvalue weighted by Crippen LogP contribution is -2.47. The van der Waals surface area contributed by atoms with Crippen LogP contribution in [0.1, 0.15) is 40.0 Å². The molecule has 9 heteroatoms. The first kappa shape index (κ1) is 28.5. The van der Waals surface area contributed by atoms with Gasteiger partial charge in [0.05, 0.1) is 15.4 Å². The molecular formula is C26H32O7S2. The van der Waals surface area contributed by atoms with Crippen LogP contribution in [-0.2, 0) is 29.2 Å². The number of esters is 1. The number of benzene rings is 2. The summed E-state index contributed by atoms with van der Waals surface area (Å²) in [4.78, 5) is 10.9. The fraction of sp³-hybridized carbons (Fsp3) is 0.346. The normalized spacial score (nSPS) is 14.7. The second-order valence-electron chi connectivity index (χ2n) is 8.64. The Kier molecular flexibility index (Phi) is 9.22. The number of sulfone groups is 2. The van der Waals surface area contributed by atoms with Crippen LogP contribution in [0.4, 0.5) is 0 Å². The smallest absolute Gasteiger partial charge is 0.302 e. The van der Waals surface area contributed by atoms with Crippen molar-refractivity contribution in [1.29, 1.82) is 0 Å². The van der Waals surface area contributed by atoms with Gasteiger partial charge in [0.1, 0.15) is 6.61 Å². The first-order valence-corrected chi connectivity index (χ1v) is 14.0. The number of hydrogen-bond acceptors (Lipinski definition) is 7. The van der Waals surface area contributed by atoms with Crippen LogP contribution in [0.2, 0.25) is 0 Å². The average molecular weight is 521 g/mol. The van der Waals surface area contributed by atoms with Crippen molar-refractivity contribution in [1.82, 2.24) is 0 Å². The third-order valence-electron chi connectivity index (χ3n) is 5.80. The van der Waals surface area contributed by atoms with Gasteiger partial charge in [0.15, 0.2) is 23.8 Å². The van der Waals surface area contributed by atoms with Crippen molar-refractivity contribution in [2.24, 2.45) is 0 Å². The quantitative estimate of drug-likeness (QED) is 0.329. The molecule has 190 valence electrons. The van der Waals surface area contributed by atoms with Crippen LogP contribution in [0.25, 0.3) is 0 Å². The van der Waals surface area contributed by atoms with Gasteiger partial charge >= 0.3 is 5.97 Å². The van der Waals surface area contributed by atoms with Gasteiger partial charge in [-0.25, -0.2) is 16.8 Å². The van der Waals surface area contributed by atoms with E-state index in [4.69, 9.17) is 4.74 Å². The van der Waals surface area contributed by atoms with Crippen LogP contribution >= 0.6 is 0 Å². The second-order valence-corrected chi connectivity index (χ2v) is 13.4. The molecule has 2 rings (SSSR count). The van der Waals surface area contributed by atoms with E-state index in [-0.39, 0.29) is 22.8 Å². The third kappa shape index (κ3) is 6.48. The predicted octanol–water partition coefficient (Wildman–Crippen LogP) is 4.25. The minimum atomic E-state index is -4.51. The van der Waals surface area contributed by atoms with Crippen LogP contribution in [0.15, 0.2) is 94.8 Å². The molecule has 2 aromatic carbocycles. The summed E-state index contributed by atoms with van der Waals surface area (Å²) in [5.41, 5.74) is -1.01. The maximum Gasteiger partial charge on any atom is 0.302 e. The lowest BCUT2D eigenvalue weighted by atomic mass is 9.98. The largest absolute Gasteiger partial charge is 0.461 e. The number of carbonyl (C=O) groups excluding carboxylic acids is 1. The third-order valence-corrected chi connectivity index (χ3v) is 11.6. The molecule has 1 atom stereocenters. The first-order valence-electron chi connectivity index (χ1n) is 11.0. The van der Waals surface area contributed by atoms with Crippen molar-refractivity contribution >= 4 is 25.6 Å². The molecule has 2 aromatic rings. The fourth-order valence-corrected chi connectivity index (χ4v) is 8.48. The molecule has 35 heavy (non-hydrogen) atoms. The number of allylic oxidation sites excluding steroid dienone is 1. The van der Waals surface area contributed by atoms with Crippen molar-refractivity contribution in [3.8, 4) is 0 Å². The molecule has 0 bridgehead atoms. The van der Waals surface area contributed by atoms with Gasteiger partial charge in [-0.1, -0.05) is 48.6 Å². The van der Waals surface area contributed by atoms with E-state index < -0.39 is 48.2 Å². The van der Waals surface area contributed by atoms with E-state index >= 15 is 0 Å². The molecule has 1 N–H and O–H groups in total. The summed E-state index contributed by atoms with van der Waals surface area (Å²) in [6.07, 6.45) is 1.72. The zero-order valence-corrected chi connectivity index (χ0v) is 21.8. The number of hydrogen-bond donors (Lipinski definition) is 1. The summed E-state index contributed by atoms with van der Waals surface area (Å²) < 4.78 is 59.3. The van der Waals surface area contributed by atoms with Gasteiger partial charge in [0.2, 0.25) is 0 Å². The molecule has 1 unspecified atom stereocenters. The van der Waals surface area contributed by atoms with E-state index in [1.54, 1.807) is 19.1 Å². The number of rotatable bonds is 12. The molecule has 0 radical (unpaired) electrons. The Morgan fingerprint density at radius 2 is 1.37 bits per heavy atom. The van der Waals surface area contributed by atoms with Crippen LogP contribution in [0.5, 0.6) is 0 Å². The van der Waals surface area contributed by atoms with E-state index in [9.17, 15) is 26.7 Å². The van der Waals surface area contributed by atoms with Gasteiger partial charge in [-0.2, -0.15) is 0 Å². The van der Waals surface area contributed by atoms with E-state index in [0.717, 1.165) is 0 Å². The van der Waals surface area contributed by atoms with Gasteiger partial charge < -0.3 is 9.84 Å².